The molecular weight excluding hydrogens is 753 g/mol. The summed E-state index contributed by atoms with van der Waals surface area (Å²) >= 11 is 0. The lowest BCUT2D eigenvalue weighted by atomic mass is 9.62. The van der Waals surface area contributed by atoms with E-state index >= 15 is 0 Å². The van der Waals surface area contributed by atoms with Crippen LogP contribution in [0.25, 0.3) is 0 Å². The summed E-state index contributed by atoms with van der Waals surface area (Å²) in [6.45, 7) is 23.4. The first-order valence-electron chi connectivity index (χ1n) is 24.1. The Kier molecular flexibility index (Phi) is 8.29. The number of hydrogen-bond donors (Lipinski definition) is 4. The van der Waals surface area contributed by atoms with Crippen LogP contribution in [0.3, 0.4) is 0 Å². The van der Waals surface area contributed by atoms with Crippen LogP contribution in [0.1, 0.15) is 240 Å². The Morgan fingerprint density at radius 2 is 0.661 bits per heavy atom. The minimum absolute atomic E-state index is 0.0995. The fraction of sp³-hybridized carbons (Fsp3) is 0.448. The first kappa shape index (κ1) is 38.7. The molecule has 6 bridgehead atoms. The van der Waals surface area contributed by atoms with Crippen LogP contribution < -0.4 is 0 Å². The summed E-state index contributed by atoms with van der Waals surface area (Å²) < 4.78 is 0. The quantitative estimate of drug-likeness (QED) is 0.121. The lowest BCUT2D eigenvalue weighted by Gasteiger charge is -2.40. The van der Waals surface area contributed by atoms with Crippen LogP contribution in [0.2, 0.25) is 0 Å². The Labute approximate surface area is 369 Å². The lowest BCUT2D eigenvalue weighted by molar-refractivity contribution is 0.514. The molecule has 0 amide bonds. The summed E-state index contributed by atoms with van der Waals surface area (Å²) in [6.07, 6.45) is 17.5. The van der Waals surface area contributed by atoms with Gasteiger partial charge < -0.3 is 19.9 Å². The van der Waals surface area contributed by atoms with E-state index in [0.717, 1.165) is 0 Å². The number of fused-ring (bicyclic) bond motifs is 3. The topological polar surface area (TPSA) is 63.2 Å². The molecule has 8 atom stereocenters. The van der Waals surface area contributed by atoms with E-state index < -0.39 is 0 Å². The van der Waals surface area contributed by atoms with Gasteiger partial charge in [-0.1, -0.05) is 114 Å². The van der Waals surface area contributed by atoms with Crippen molar-refractivity contribution >= 4 is 0 Å². The van der Waals surface area contributed by atoms with E-state index in [-0.39, 0.29) is 22.7 Å². The van der Waals surface area contributed by atoms with Gasteiger partial charge in [0.1, 0.15) is 0 Å². The zero-order valence-electron chi connectivity index (χ0n) is 38.8. The highest BCUT2D eigenvalue weighted by molar-refractivity contribution is 5.67. The van der Waals surface area contributed by atoms with E-state index in [0.29, 0.717) is 35.5 Å². The van der Waals surface area contributed by atoms with E-state index in [2.05, 4.69) is 162 Å². The van der Waals surface area contributed by atoms with Crippen LogP contribution in [0, 0.1) is 27.7 Å². The summed E-state index contributed by atoms with van der Waals surface area (Å²) in [5.74, 6) is 2.93. The summed E-state index contributed by atoms with van der Waals surface area (Å²) in [5.41, 5.74) is 29.5. The number of aryl methyl sites for hydroxylation is 4. The largest absolute Gasteiger partial charge is 0.361 e. The van der Waals surface area contributed by atoms with Crippen LogP contribution in [0.4, 0.5) is 0 Å². The van der Waals surface area contributed by atoms with E-state index in [4.69, 9.17) is 0 Å². The Balaban J connectivity index is 1.04. The van der Waals surface area contributed by atoms with Gasteiger partial charge in [0.05, 0.1) is 11.8 Å². The van der Waals surface area contributed by atoms with Gasteiger partial charge in [-0.15, -0.1) is 0 Å². The molecular formula is C58H66N4. The summed E-state index contributed by atoms with van der Waals surface area (Å²) in [5, 5.41) is 0. The summed E-state index contributed by atoms with van der Waals surface area (Å²) in [4.78, 5) is 16.7. The van der Waals surface area contributed by atoms with Crippen molar-refractivity contribution in [3.63, 3.8) is 0 Å². The fourth-order valence-electron chi connectivity index (χ4n) is 14.2. The normalized spacial score (nSPS) is 24.9. The van der Waals surface area contributed by atoms with E-state index in [1.807, 2.05) is 0 Å². The number of nitrogens with one attached hydrogen (secondary N) is 4. The SMILES string of the molecule is Cc1[nH]c(C(c2ccc(C(C)(C)C)cc2)c2[nH]c(C)c3c2[C@@H]2C=C[C@H]3CC2)c2c1[C@@H]1CC[C@H]2c2c(C)[nH]c(C(c3ccc(C(C)(C)C)cc3)c3[nH]c(C)c4c3[C@@H]3C=C[C@H]4CC3)c21. The maximum absolute atomic E-state index is 4.23. The molecule has 4 heterocycles. The van der Waals surface area contributed by atoms with Crippen LogP contribution >= 0.6 is 0 Å². The molecule has 0 saturated heterocycles. The molecule has 0 radical (unpaired) electrons. The van der Waals surface area contributed by atoms with Crippen LogP contribution in [0.5, 0.6) is 0 Å². The average Bonchev–Trinajstić information content (AvgIpc) is 4.02. The van der Waals surface area contributed by atoms with Gasteiger partial charge in [-0.3, -0.25) is 0 Å². The third-order valence-corrected chi connectivity index (χ3v) is 17.0. The molecule has 2 unspecified atom stereocenters. The second-order valence-electron chi connectivity index (χ2n) is 22.6. The van der Waals surface area contributed by atoms with Crippen molar-refractivity contribution in [1.82, 2.24) is 19.9 Å². The predicted molar refractivity (Wildman–Crippen MR) is 255 cm³/mol. The molecule has 0 fully saturated rings. The maximum Gasteiger partial charge on any atom is 0.0647 e. The molecule has 4 nitrogen and oxygen atoms in total. The fourth-order valence-corrected chi connectivity index (χ4v) is 14.2. The van der Waals surface area contributed by atoms with Gasteiger partial charge in [-0.05, 0) is 144 Å². The molecule has 0 aliphatic heterocycles. The smallest absolute Gasteiger partial charge is 0.0647 e. The van der Waals surface area contributed by atoms with Gasteiger partial charge in [0, 0.05) is 81.1 Å². The van der Waals surface area contributed by atoms with E-state index in [9.17, 15) is 0 Å². The first-order valence-corrected chi connectivity index (χ1v) is 24.1. The number of rotatable bonds is 6. The second kappa shape index (κ2) is 13.3. The van der Waals surface area contributed by atoms with Gasteiger partial charge in [0.2, 0.25) is 0 Å². The maximum atomic E-state index is 4.23. The van der Waals surface area contributed by atoms with Gasteiger partial charge >= 0.3 is 0 Å². The molecule has 2 aromatic carbocycles. The third-order valence-electron chi connectivity index (χ3n) is 17.0. The van der Waals surface area contributed by atoms with Crippen molar-refractivity contribution in [3.05, 3.63) is 185 Å². The number of allylic oxidation sites excluding steroid dienone is 4. The molecule has 0 saturated carbocycles. The van der Waals surface area contributed by atoms with Crippen molar-refractivity contribution in [2.24, 2.45) is 0 Å². The zero-order valence-corrected chi connectivity index (χ0v) is 38.8. The van der Waals surface area contributed by atoms with Crippen LogP contribution in [-0.4, -0.2) is 19.9 Å². The first-order chi connectivity index (χ1) is 29.7. The molecule has 4 heteroatoms. The molecule has 9 aliphatic rings. The number of hydrogen-bond acceptors (Lipinski definition) is 0. The van der Waals surface area contributed by atoms with Crippen molar-refractivity contribution in [2.45, 2.75) is 166 Å². The van der Waals surface area contributed by atoms with Crippen LogP contribution in [0.15, 0.2) is 72.8 Å². The number of benzene rings is 2. The van der Waals surface area contributed by atoms with Crippen molar-refractivity contribution < 1.29 is 0 Å². The summed E-state index contributed by atoms with van der Waals surface area (Å²) in [7, 11) is 0. The van der Waals surface area contributed by atoms with Crippen molar-refractivity contribution in [1.29, 1.82) is 0 Å². The van der Waals surface area contributed by atoms with Crippen molar-refractivity contribution in [2.75, 3.05) is 0 Å². The van der Waals surface area contributed by atoms with Crippen molar-refractivity contribution in [3.8, 4) is 0 Å². The van der Waals surface area contributed by atoms with E-state index in [1.54, 1.807) is 44.5 Å². The molecule has 15 rings (SSSR count). The molecule has 6 aromatic rings. The standard InChI is InChI=1S/C58H66N4/c1-29-43-33-11-15-35(16-12-33)47(43)53(59-29)49(37-19-23-39(24-20-37)57(5,6)7)55-51-41-27-28-42(45(51)31(3)61-55)52-46(41)32(4)62-56(52)50(38-21-25-40(26-22-38)58(8,9)10)54-48-36-17-13-34(14-18-36)44(48)30(2)60-54/h11,13,15,17,19-26,33-36,41-42,49-50,59-62H,12,14,16,18,27-28H2,1-10H3/t33-,34-,35+,36+,41-,42-,49?,50?/m0/s1. The predicted octanol–water partition coefficient (Wildman–Crippen LogP) is 14.6. The monoisotopic (exact) mass is 819 g/mol. The van der Waals surface area contributed by atoms with Gasteiger partial charge in [0.25, 0.3) is 0 Å². The minimum Gasteiger partial charge on any atom is -0.361 e. The number of aromatic amines is 4. The molecule has 62 heavy (non-hydrogen) atoms. The minimum atomic E-state index is 0.0995. The summed E-state index contributed by atoms with van der Waals surface area (Å²) in [6, 6.07) is 19.4. The highest BCUT2D eigenvalue weighted by Crippen LogP contribution is 2.61. The Hall–Kier alpha value is -4.96. The van der Waals surface area contributed by atoms with Gasteiger partial charge in [-0.25, -0.2) is 0 Å². The van der Waals surface area contributed by atoms with Gasteiger partial charge in [-0.2, -0.15) is 0 Å². The molecule has 4 N–H and O–H groups in total. The Morgan fingerprint density at radius 1 is 0.371 bits per heavy atom. The lowest BCUT2D eigenvalue weighted by Crippen LogP contribution is -2.27. The highest BCUT2D eigenvalue weighted by atomic mass is 14.8. The second-order valence-corrected chi connectivity index (χ2v) is 22.6. The van der Waals surface area contributed by atoms with E-state index in [1.165, 1.54) is 106 Å². The molecule has 318 valence electrons. The Bertz CT molecular complexity index is 2650. The van der Waals surface area contributed by atoms with Gasteiger partial charge in [0.15, 0.2) is 0 Å². The average molecular weight is 819 g/mol. The molecule has 9 aliphatic carbocycles. The number of aromatic nitrogens is 4. The molecule has 0 spiro atoms. The third kappa shape index (κ3) is 5.43. The highest BCUT2D eigenvalue weighted by Gasteiger charge is 2.48. The Morgan fingerprint density at radius 3 is 0.968 bits per heavy atom. The van der Waals surface area contributed by atoms with Crippen LogP contribution in [-0.2, 0) is 10.8 Å². The molecule has 4 aromatic heterocycles. The number of H-pyrrole nitrogens is 4. The zero-order chi connectivity index (χ0) is 42.7.